The minimum atomic E-state index is 0.849. The first-order valence-corrected chi connectivity index (χ1v) is 38.4. The molecule has 16 aromatic carbocycles. The highest BCUT2D eigenvalue weighted by Gasteiger charge is 2.24. The van der Waals surface area contributed by atoms with E-state index in [0.717, 1.165) is 121 Å². The van der Waals surface area contributed by atoms with Crippen LogP contribution in [0.1, 0.15) is 0 Å². The molecule has 106 heavy (non-hydrogen) atoms. The number of hydrogen-bond acceptors (Lipinski definition) is 8. The van der Waals surface area contributed by atoms with Crippen molar-refractivity contribution in [2.24, 2.45) is 0 Å². The molecular weight excluding hydrogens is 1470 g/mol. The monoisotopic (exact) mass is 1520 g/mol. The first-order chi connectivity index (χ1) is 52.3. The number of rotatable bonds is 14. The van der Waals surface area contributed by atoms with E-state index in [2.05, 4.69) is 403 Å². The Morgan fingerprint density at radius 3 is 0.821 bits per heavy atom. The number of halogens is 2. The molecule has 0 bridgehead atoms. The summed E-state index contributed by atoms with van der Waals surface area (Å²) >= 11 is 11.6. The van der Waals surface area contributed by atoms with Gasteiger partial charge in [-0.05, 0) is 180 Å². The molecule has 0 aliphatic heterocycles. The molecule has 6 nitrogen and oxygen atoms in total. The number of anilines is 12. The van der Waals surface area contributed by atoms with Gasteiger partial charge in [-0.15, -0.1) is 22.7 Å². The number of benzene rings is 16. The molecule has 0 unspecified atom stereocenters. The second-order valence-electron chi connectivity index (χ2n) is 26.3. The average molecular weight is 1530 g/mol. The number of hydrogen-bond donors (Lipinski definition) is 0. The van der Waals surface area contributed by atoms with E-state index in [-0.39, 0.29) is 0 Å². The van der Waals surface area contributed by atoms with Crippen LogP contribution in [0.25, 0.3) is 106 Å². The zero-order valence-corrected chi connectivity index (χ0v) is 61.8. The summed E-state index contributed by atoms with van der Waals surface area (Å²) in [6.45, 7) is 0. The molecule has 0 aliphatic carbocycles. The molecule has 0 radical (unpaired) electrons. The van der Waals surface area contributed by atoms with E-state index >= 15 is 0 Å². The van der Waals surface area contributed by atoms with Crippen molar-refractivity contribution < 1.29 is 8.83 Å². The zero-order valence-electron chi connectivity index (χ0n) is 57.0. The molecule has 0 aliphatic rings. The Bertz CT molecular complexity index is 6240. The molecule has 504 valence electrons. The average Bonchev–Trinajstić information content (AvgIpc) is 1.60. The number of fused-ring (bicyclic) bond motifs is 12. The van der Waals surface area contributed by atoms with Crippen LogP contribution in [0.15, 0.2) is 394 Å². The number of nitrogens with zero attached hydrogens (tertiary/aromatic N) is 4. The molecule has 0 fully saturated rings. The highest BCUT2D eigenvalue weighted by molar-refractivity contribution is 9.10. The van der Waals surface area contributed by atoms with E-state index < -0.39 is 0 Å². The van der Waals surface area contributed by atoms with Crippen LogP contribution in [0.2, 0.25) is 0 Å². The Kier molecular flexibility index (Phi) is 16.9. The number of para-hydroxylation sites is 4. The Hall–Kier alpha value is -12.3. The summed E-state index contributed by atoms with van der Waals surface area (Å²) in [6.07, 6.45) is 0. The third kappa shape index (κ3) is 12.3. The first-order valence-electron chi connectivity index (χ1n) is 35.2. The van der Waals surface area contributed by atoms with Gasteiger partial charge in [0.15, 0.2) is 0 Å². The molecule has 0 atom stereocenters. The highest BCUT2D eigenvalue weighted by Crippen LogP contribution is 2.49. The normalized spacial score (nSPS) is 11.5. The van der Waals surface area contributed by atoms with Crippen LogP contribution in [0.5, 0.6) is 0 Å². The van der Waals surface area contributed by atoms with Crippen LogP contribution in [0.4, 0.5) is 68.2 Å². The van der Waals surface area contributed by atoms with Crippen LogP contribution in [0, 0.1) is 0 Å². The van der Waals surface area contributed by atoms with Gasteiger partial charge in [0.1, 0.15) is 22.3 Å². The predicted molar refractivity (Wildman–Crippen MR) is 458 cm³/mol. The SMILES string of the molecule is Brc1cc(N(c2ccc(-c3ccccc3)cc2)c2ccc3c(c2)oc2ccccc23)cc(N(c2ccc(-c3ccccc3)cc2)c2ccc3c(c2)sc2ccccc23)c1.Brc1cc(N(c2ccccc2)c2ccc3c(c2)oc2ccccc23)cc(N(c2ccccc2)c2ccc3c(c2)sc2ccccc23)c1. The summed E-state index contributed by atoms with van der Waals surface area (Å²) < 4.78 is 19.8. The van der Waals surface area contributed by atoms with E-state index in [9.17, 15) is 0 Å². The van der Waals surface area contributed by atoms with Crippen molar-refractivity contribution in [1.29, 1.82) is 0 Å². The van der Waals surface area contributed by atoms with Gasteiger partial charge in [0.2, 0.25) is 0 Å². The third-order valence-electron chi connectivity index (χ3n) is 19.7. The summed E-state index contributed by atoms with van der Waals surface area (Å²) in [6, 6.07) is 134. The predicted octanol–water partition coefficient (Wildman–Crippen LogP) is 30.6. The summed E-state index contributed by atoms with van der Waals surface area (Å²) in [5.74, 6) is 0. The van der Waals surface area contributed by atoms with Crippen molar-refractivity contribution >= 4 is 207 Å². The molecule has 4 aromatic heterocycles. The molecule has 0 amide bonds. The lowest BCUT2D eigenvalue weighted by atomic mass is 10.0. The molecular formula is C96H62Br2N4O2S2. The van der Waals surface area contributed by atoms with Gasteiger partial charge in [-0.1, -0.05) is 238 Å². The minimum Gasteiger partial charge on any atom is -0.456 e. The van der Waals surface area contributed by atoms with E-state index in [1.165, 1.54) is 62.6 Å². The minimum absolute atomic E-state index is 0.849. The fourth-order valence-electron chi connectivity index (χ4n) is 14.9. The lowest BCUT2D eigenvalue weighted by Gasteiger charge is -2.30. The lowest BCUT2D eigenvalue weighted by Crippen LogP contribution is -2.13. The van der Waals surface area contributed by atoms with Crippen molar-refractivity contribution in [3.63, 3.8) is 0 Å². The molecule has 0 saturated heterocycles. The van der Waals surface area contributed by atoms with Gasteiger partial charge in [-0.2, -0.15) is 0 Å². The molecule has 20 rings (SSSR count). The Labute approximate surface area is 637 Å². The van der Waals surface area contributed by atoms with Crippen LogP contribution in [0.3, 0.4) is 0 Å². The van der Waals surface area contributed by atoms with Gasteiger partial charge in [0, 0.05) is 151 Å². The van der Waals surface area contributed by atoms with Gasteiger partial charge in [-0.3, -0.25) is 0 Å². The van der Waals surface area contributed by atoms with Crippen LogP contribution >= 0.6 is 54.5 Å². The van der Waals surface area contributed by atoms with Crippen molar-refractivity contribution in [2.75, 3.05) is 19.6 Å². The van der Waals surface area contributed by atoms with Gasteiger partial charge >= 0.3 is 0 Å². The summed E-state index contributed by atoms with van der Waals surface area (Å²) in [5.41, 5.74) is 20.8. The summed E-state index contributed by atoms with van der Waals surface area (Å²) in [5, 5.41) is 9.59. The van der Waals surface area contributed by atoms with Crippen LogP contribution in [-0.4, -0.2) is 0 Å². The molecule has 4 heterocycles. The van der Waals surface area contributed by atoms with Gasteiger partial charge < -0.3 is 28.4 Å². The van der Waals surface area contributed by atoms with Crippen molar-refractivity contribution in [3.05, 3.63) is 385 Å². The number of furan rings is 2. The smallest absolute Gasteiger partial charge is 0.137 e. The van der Waals surface area contributed by atoms with Crippen molar-refractivity contribution in [2.45, 2.75) is 0 Å². The Morgan fingerprint density at radius 1 is 0.179 bits per heavy atom. The maximum Gasteiger partial charge on any atom is 0.137 e. The maximum absolute atomic E-state index is 6.45. The van der Waals surface area contributed by atoms with E-state index in [0.29, 0.717) is 0 Å². The Morgan fingerprint density at radius 2 is 0.443 bits per heavy atom. The van der Waals surface area contributed by atoms with E-state index in [4.69, 9.17) is 8.83 Å². The summed E-state index contributed by atoms with van der Waals surface area (Å²) in [7, 11) is 0. The van der Waals surface area contributed by atoms with Crippen LogP contribution < -0.4 is 19.6 Å². The molecule has 20 aromatic rings. The standard InChI is InChI=1S/C54H35BrN2OS.C42H27BrN2OS/c55-40-31-45(56(41-23-19-38(20-24-41)36-11-3-1-4-12-36)43-27-29-48-47-15-7-9-17-51(47)58-52(48)34-43)33-46(32-40)57(42-25-21-39(22-26-42)37-13-5-2-6-14-37)44-28-30-50-49-16-8-10-18-53(49)59-54(50)35-44;43-28-23-33(44(29-11-3-1-4-12-29)31-19-21-36-35-15-7-9-17-39(35)46-40(36)26-31)25-34(24-28)45(30-13-5-2-6-14-30)32-20-22-38-37-16-8-10-18-41(37)47-42(38)27-32/h1-35H;1-27H. The maximum atomic E-state index is 6.45. The summed E-state index contributed by atoms with van der Waals surface area (Å²) in [4.78, 5) is 9.32. The fourth-order valence-corrected chi connectivity index (χ4v) is 18.1. The van der Waals surface area contributed by atoms with Gasteiger partial charge in [0.05, 0.1) is 0 Å². The lowest BCUT2D eigenvalue weighted by molar-refractivity contribution is 0.668. The quantitative estimate of drug-likeness (QED) is 0.108. The third-order valence-corrected chi connectivity index (χ3v) is 22.9. The number of thiophene rings is 2. The molecule has 0 spiro atoms. The molecule has 0 N–H and O–H groups in total. The zero-order chi connectivity index (χ0) is 70.6. The Balaban J connectivity index is 0.000000149. The topological polar surface area (TPSA) is 39.2 Å². The highest BCUT2D eigenvalue weighted by atomic mass is 79.9. The second kappa shape index (κ2) is 27.7. The molecule has 10 heteroatoms. The largest absolute Gasteiger partial charge is 0.456 e. The van der Waals surface area contributed by atoms with Crippen LogP contribution in [-0.2, 0) is 0 Å². The van der Waals surface area contributed by atoms with Gasteiger partial charge in [0.25, 0.3) is 0 Å². The second-order valence-corrected chi connectivity index (χ2v) is 30.3. The van der Waals surface area contributed by atoms with E-state index in [1.54, 1.807) is 0 Å². The van der Waals surface area contributed by atoms with E-state index in [1.807, 2.05) is 46.9 Å². The first kappa shape index (κ1) is 64.6. The van der Waals surface area contributed by atoms with Crippen molar-refractivity contribution in [3.8, 4) is 22.3 Å². The molecule has 0 saturated carbocycles. The van der Waals surface area contributed by atoms with Crippen molar-refractivity contribution in [1.82, 2.24) is 0 Å². The van der Waals surface area contributed by atoms with Gasteiger partial charge in [-0.25, -0.2) is 0 Å². The fraction of sp³-hybridized carbons (Fsp3) is 0.